The third kappa shape index (κ3) is 2.51. The first-order valence-corrected chi connectivity index (χ1v) is 4.07. The summed E-state index contributed by atoms with van der Waals surface area (Å²) in [5.41, 5.74) is 3.43. The van der Waals surface area contributed by atoms with Gasteiger partial charge in [-0.25, -0.2) is 0 Å². The summed E-state index contributed by atoms with van der Waals surface area (Å²) in [7, 11) is 0. The van der Waals surface area contributed by atoms with Crippen molar-refractivity contribution < 1.29 is 5.11 Å². The number of allylic oxidation sites excluding steroid dienone is 1. The Hall–Kier alpha value is -1.08. The average Bonchev–Trinajstić information content (AvgIpc) is 2.05. The number of aliphatic hydroxyl groups is 1. The van der Waals surface area contributed by atoms with Crippen LogP contribution >= 0.6 is 0 Å². The van der Waals surface area contributed by atoms with E-state index in [4.69, 9.17) is 5.11 Å². The monoisotopic (exact) mass is 162 g/mol. The van der Waals surface area contributed by atoms with Crippen molar-refractivity contribution >= 4 is 6.08 Å². The Bertz CT molecular complexity index is 266. The lowest BCUT2D eigenvalue weighted by Crippen LogP contribution is -1.81. The lowest BCUT2D eigenvalue weighted by Gasteiger charge is -1.97. The fourth-order valence-corrected chi connectivity index (χ4v) is 1.05. The molecule has 0 aromatic heterocycles. The number of benzene rings is 1. The summed E-state index contributed by atoms with van der Waals surface area (Å²) in [6, 6.07) is 7.90. The van der Waals surface area contributed by atoms with Gasteiger partial charge in [0.15, 0.2) is 0 Å². The number of rotatable bonds is 2. The summed E-state index contributed by atoms with van der Waals surface area (Å²) in [6.07, 6.45) is 2.11. The van der Waals surface area contributed by atoms with Crippen LogP contribution in [0.3, 0.4) is 0 Å². The van der Waals surface area contributed by atoms with Crippen LogP contribution < -0.4 is 0 Å². The molecular formula is C11H14O. The predicted octanol–water partition coefficient (Wildman–Crippen LogP) is 2.60. The summed E-state index contributed by atoms with van der Waals surface area (Å²) in [6.45, 7) is 4.26. The molecule has 0 aliphatic carbocycles. The second-order valence-electron chi connectivity index (χ2n) is 3.12. The molecule has 0 spiro atoms. The molecule has 1 nitrogen and oxygen atoms in total. The number of hydrogen-bond donors (Lipinski definition) is 1. The lowest BCUT2D eigenvalue weighted by atomic mass is 10.1. The number of aliphatic hydroxyl groups excluding tert-OH is 1. The molecule has 0 amide bonds. The fraction of sp³-hybridized carbons (Fsp3) is 0.273. The van der Waals surface area contributed by atoms with E-state index in [9.17, 15) is 0 Å². The second-order valence-corrected chi connectivity index (χ2v) is 3.12. The molecule has 0 unspecified atom stereocenters. The molecule has 1 rings (SSSR count). The van der Waals surface area contributed by atoms with E-state index in [0.29, 0.717) is 0 Å². The SMILES string of the molecule is CC(C)=Cc1ccc(CO)cc1. The van der Waals surface area contributed by atoms with E-state index in [1.54, 1.807) is 0 Å². The van der Waals surface area contributed by atoms with Crippen molar-refractivity contribution in [2.75, 3.05) is 0 Å². The molecule has 0 heterocycles. The molecule has 1 heteroatoms. The van der Waals surface area contributed by atoms with E-state index < -0.39 is 0 Å². The summed E-state index contributed by atoms with van der Waals surface area (Å²) in [4.78, 5) is 0. The van der Waals surface area contributed by atoms with Crippen LogP contribution in [0.4, 0.5) is 0 Å². The molecule has 0 aliphatic heterocycles. The van der Waals surface area contributed by atoms with E-state index in [1.165, 1.54) is 11.1 Å². The first kappa shape index (κ1) is 9.01. The molecule has 1 aromatic rings. The highest BCUT2D eigenvalue weighted by Gasteiger charge is 1.89. The van der Waals surface area contributed by atoms with Gasteiger partial charge in [0, 0.05) is 0 Å². The zero-order valence-electron chi connectivity index (χ0n) is 7.54. The highest BCUT2D eigenvalue weighted by Crippen LogP contribution is 2.08. The Morgan fingerprint density at radius 2 is 1.83 bits per heavy atom. The van der Waals surface area contributed by atoms with Crippen molar-refractivity contribution in [2.45, 2.75) is 20.5 Å². The summed E-state index contributed by atoms with van der Waals surface area (Å²) in [5, 5.41) is 8.79. The van der Waals surface area contributed by atoms with Crippen LogP contribution in [-0.2, 0) is 6.61 Å². The van der Waals surface area contributed by atoms with Gasteiger partial charge >= 0.3 is 0 Å². The maximum atomic E-state index is 8.79. The average molecular weight is 162 g/mol. The van der Waals surface area contributed by atoms with Gasteiger partial charge in [-0.1, -0.05) is 35.9 Å². The Morgan fingerprint density at radius 1 is 1.25 bits per heavy atom. The quantitative estimate of drug-likeness (QED) is 0.708. The highest BCUT2D eigenvalue weighted by molar-refractivity contribution is 5.52. The summed E-state index contributed by atoms with van der Waals surface area (Å²) in [5.74, 6) is 0. The summed E-state index contributed by atoms with van der Waals surface area (Å²) < 4.78 is 0. The largest absolute Gasteiger partial charge is 0.392 e. The Morgan fingerprint density at radius 3 is 2.25 bits per heavy atom. The molecule has 0 saturated heterocycles. The first-order valence-electron chi connectivity index (χ1n) is 4.07. The minimum Gasteiger partial charge on any atom is -0.392 e. The second kappa shape index (κ2) is 4.07. The molecule has 0 atom stereocenters. The molecule has 0 saturated carbocycles. The van der Waals surface area contributed by atoms with Crippen molar-refractivity contribution in [3.63, 3.8) is 0 Å². The maximum absolute atomic E-state index is 8.79. The number of hydrogen-bond acceptors (Lipinski definition) is 1. The molecule has 0 bridgehead atoms. The maximum Gasteiger partial charge on any atom is 0.0681 e. The van der Waals surface area contributed by atoms with Gasteiger partial charge in [0.2, 0.25) is 0 Å². The Balaban J connectivity index is 2.85. The van der Waals surface area contributed by atoms with E-state index in [2.05, 4.69) is 19.9 Å². The molecule has 1 N–H and O–H groups in total. The molecule has 64 valence electrons. The van der Waals surface area contributed by atoms with Crippen molar-refractivity contribution in [1.29, 1.82) is 0 Å². The first-order chi connectivity index (χ1) is 5.72. The Kier molecular flexibility index (Phi) is 3.06. The van der Waals surface area contributed by atoms with Gasteiger partial charge in [-0.15, -0.1) is 0 Å². The van der Waals surface area contributed by atoms with Gasteiger partial charge < -0.3 is 5.11 Å². The smallest absolute Gasteiger partial charge is 0.0681 e. The Labute approximate surface area is 73.4 Å². The zero-order chi connectivity index (χ0) is 8.97. The lowest BCUT2D eigenvalue weighted by molar-refractivity contribution is 0.282. The highest BCUT2D eigenvalue weighted by atomic mass is 16.3. The van der Waals surface area contributed by atoms with Crippen LogP contribution in [0.2, 0.25) is 0 Å². The van der Waals surface area contributed by atoms with E-state index in [1.807, 2.05) is 24.3 Å². The molecular weight excluding hydrogens is 148 g/mol. The van der Waals surface area contributed by atoms with Gasteiger partial charge in [-0.2, -0.15) is 0 Å². The third-order valence-corrected chi connectivity index (χ3v) is 1.62. The van der Waals surface area contributed by atoms with E-state index in [-0.39, 0.29) is 6.61 Å². The molecule has 1 aromatic carbocycles. The standard InChI is InChI=1S/C11H14O/c1-9(2)7-10-3-5-11(8-12)6-4-10/h3-7,12H,8H2,1-2H3. The van der Waals surface area contributed by atoms with Crippen LogP contribution in [0.15, 0.2) is 29.8 Å². The van der Waals surface area contributed by atoms with Gasteiger partial charge in [0.05, 0.1) is 6.61 Å². The van der Waals surface area contributed by atoms with Crippen molar-refractivity contribution in [3.05, 3.63) is 41.0 Å². The molecule has 0 aliphatic rings. The van der Waals surface area contributed by atoms with Crippen molar-refractivity contribution in [2.24, 2.45) is 0 Å². The van der Waals surface area contributed by atoms with Crippen LogP contribution in [0.1, 0.15) is 25.0 Å². The zero-order valence-corrected chi connectivity index (χ0v) is 7.54. The van der Waals surface area contributed by atoms with E-state index >= 15 is 0 Å². The third-order valence-electron chi connectivity index (χ3n) is 1.62. The predicted molar refractivity (Wildman–Crippen MR) is 51.7 cm³/mol. The topological polar surface area (TPSA) is 20.2 Å². The minimum absolute atomic E-state index is 0.120. The van der Waals surface area contributed by atoms with Crippen LogP contribution in [0.5, 0.6) is 0 Å². The normalized spacial score (nSPS) is 9.58. The summed E-state index contributed by atoms with van der Waals surface area (Å²) >= 11 is 0. The fourth-order valence-electron chi connectivity index (χ4n) is 1.05. The van der Waals surface area contributed by atoms with Crippen LogP contribution in [0.25, 0.3) is 6.08 Å². The van der Waals surface area contributed by atoms with Crippen molar-refractivity contribution in [1.82, 2.24) is 0 Å². The van der Waals surface area contributed by atoms with Crippen LogP contribution in [0, 0.1) is 0 Å². The van der Waals surface area contributed by atoms with Gasteiger partial charge in [0.1, 0.15) is 0 Å². The van der Waals surface area contributed by atoms with Gasteiger partial charge in [-0.3, -0.25) is 0 Å². The van der Waals surface area contributed by atoms with Crippen molar-refractivity contribution in [3.8, 4) is 0 Å². The minimum atomic E-state index is 0.120. The molecule has 12 heavy (non-hydrogen) atoms. The van der Waals surface area contributed by atoms with E-state index in [0.717, 1.165) is 5.56 Å². The van der Waals surface area contributed by atoms with Gasteiger partial charge in [-0.05, 0) is 25.0 Å². The van der Waals surface area contributed by atoms with Crippen LogP contribution in [-0.4, -0.2) is 5.11 Å². The van der Waals surface area contributed by atoms with Gasteiger partial charge in [0.25, 0.3) is 0 Å². The molecule has 0 radical (unpaired) electrons. The molecule has 0 fully saturated rings.